The van der Waals surface area contributed by atoms with Crippen LogP contribution in [0.3, 0.4) is 0 Å². The molecule has 0 saturated carbocycles. The zero-order valence-electron chi connectivity index (χ0n) is 10.8. The van der Waals surface area contributed by atoms with Crippen molar-refractivity contribution in [3.05, 3.63) is 48.0 Å². The number of carbonyl (C=O) groups is 1. The van der Waals surface area contributed by atoms with Gasteiger partial charge in [0.15, 0.2) is 0 Å². The van der Waals surface area contributed by atoms with Crippen LogP contribution in [0.25, 0.3) is 0 Å². The molecule has 100 valence electrons. The molecule has 1 heterocycles. The minimum absolute atomic E-state index is 0.321. The minimum atomic E-state index is -0.894. The Balaban J connectivity index is 1.84. The van der Waals surface area contributed by atoms with Gasteiger partial charge in [-0.05, 0) is 37.1 Å². The second-order valence-electron chi connectivity index (χ2n) is 4.42. The third kappa shape index (κ3) is 3.58. The molecule has 2 N–H and O–H groups in total. The van der Waals surface area contributed by atoms with Crippen LogP contribution in [0, 0.1) is 6.92 Å². The van der Waals surface area contributed by atoms with Crippen molar-refractivity contribution in [1.82, 2.24) is 9.55 Å². The fourth-order valence-electron chi connectivity index (χ4n) is 1.90. The van der Waals surface area contributed by atoms with Crippen molar-refractivity contribution < 1.29 is 9.90 Å². The van der Waals surface area contributed by atoms with Crippen molar-refractivity contribution in [1.29, 1.82) is 0 Å². The van der Waals surface area contributed by atoms with Crippen molar-refractivity contribution in [3.8, 4) is 0 Å². The van der Waals surface area contributed by atoms with Crippen LogP contribution in [0.15, 0.2) is 36.9 Å². The number of rotatable bonds is 6. The molecule has 0 radical (unpaired) electrons. The van der Waals surface area contributed by atoms with Gasteiger partial charge in [0.2, 0.25) is 0 Å². The molecule has 0 bridgehead atoms. The number of anilines is 1. The number of benzene rings is 1. The molecule has 0 aliphatic heterocycles. The quantitative estimate of drug-likeness (QED) is 0.782. The third-order valence-electron chi connectivity index (χ3n) is 2.94. The summed E-state index contributed by atoms with van der Waals surface area (Å²) in [6, 6.07) is 5.12. The normalized spacial score (nSPS) is 10.4. The van der Waals surface area contributed by atoms with Gasteiger partial charge in [0.1, 0.15) is 0 Å². The number of nitrogens with one attached hydrogen (secondary N) is 1. The first-order valence-electron chi connectivity index (χ1n) is 6.20. The number of carboxylic acid groups (broad SMARTS) is 1. The monoisotopic (exact) mass is 259 g/mol. The smallest absolute Gasteiger partial charge is 0.335 e. The van der Waals surface area contributed by atoms with Crippen LogP contribution in [-0.4, -0.2) is 27.2 Å². The van der Waals surface area contributed by atoms with Gasteiger partial charge in [-0.15, -0.1) is 0 Å². The molecule has 19 heavy (non-hydrogen) atoms. The molecule has 0 aliphatic rings. The average Bonchev–Trinajstić information content (AvgIpc) is 2.89. The van der Waals surface area contributed by atoms with E-state index in [1.165, 1.54) is 0 Å². The molecule has 0 fully saturated rings. The molecule has 5 heteroatoms. The highest BCUT2D eigenvalue weighted by Crippen LogP contribution is 2.16. The predicted molar refractivity (Wildman–Crippen MR) is 73.5 cm³/mol. The fraction of sp³-hybridized carbons (Fsp3) is 0.286. The van der Waals surface area contributed by atoms with Crippen LogP contribution in [-0.2, 0) is 6.54 Å². The Morgan fingerprint density at radius 2 is 2.32 bits per heavy atom. The zero-order chi connectivity index (χ0) is 13.7. The van der Waals surface area contributed by atoms with E-state index in [0.29, 0.717) is 5.56 Å². The molecule has 5 nitrogen and oxygen atoms in total. The summed E-state index contributed by atoms with van der Waals surface area (Å²) < 4.78 is 2.03. The Bertz CT molecular complexity index is 550. The molecular formula is C14H17N3O2. The number of imidazole rings is 1. The lowest BCUT2D eigenvalue weighted by atomic mass is 10.1. The second-order valence-corrected chi connectivity index (χ2v) is 4.42. The summed E-state index contributed by atoms with van der Waals surface area (Å²) in [4.78, 5) is 14.8. The van der Waals surface area contributed by atoms with Gasteiger partial charge in [-0.1, -0.05) is 0 Å². The molecular weight excluding hydrogens is 242 g/mol. The van der Waals surface area contributed by atoms with Gasteiger partial charge in [-0.3, -0.25) is 0 Å². The van der Waals surface area contributed by atoms with Crippen LogP contribution < -0.4 is 5.32 Å². The van der Waals surface area contributed by atoms with Gasteiger partial charge < -0.3 is 15.0 Å². The Hall–Kier alpha value is -2.30. The topological polar surface area (TPSA) is 67.2 Å². The van der Waals surface area contributed by atoms with Crippen molar-refractivity contribution in [3.63, 3.8) is 0 Å². The summed E-state index contributed by atoms with van der Waals surface area (Å²) in [6.07, 6.45) is 6.48. The standard InChI is InChI=1S/C14H17N3O2/c1-11-9-12(14(18)19)3-4-13(11)16-5-2-7-17-8-6-15-10-17/h3-4,6,8-10,16H,2,5,7H2,1H3,(H,18,19). The van der Waals surface area contributed by atoms with E-state index in [1.807, 2.05) is 23.8 Å². The van der Waals surface area contributed by atoms with E-state index in [2.05, 4.69) is 10.3 Å². The van der Waals surface area contributed by atoms with E-state index in [-0.39, 0.29) is 0 Å². The van der Waals surface area contributed by atoms with Crippen molar-refractivity contribution in [2.24, 2.45) is 0 Å². The van der Waals surface area contributed by atoms with Crippen molar-refractivity contribution in [2.45, 2.75) is 19.9 Å². The van der Waals surface area contributed by atoms with Crippen LogP contribution >= 0.6 is 0 Å². The predicted octanol–water partition coefficient (Wildman–Crippen LogP) is 2.39. The molecule has 2 aromatic rings. The molecule has 0 spiro atoms. The highest BCUT2D eigenvalue weighted by molar-refractivity contribution is 5.88. The first-order valence-corrected chi connectivity index (χ1v) is 6.20. The van der Waals surface area contributed by atoms with Crippen LogP contribution in [0.1, 0.15) is 22.3 Å². The first-order chi connectivity index (χ1) is 9.16. The Morgan fingerprint density at radius 3 is 2.95 bits per heavy atom. The second kappa shape index (κ2) is 6.04. The van der Waals surface area contributed by atoms with E-state index in [1.54, 1.807) is 24.7 Å². The molecule has 0 atom stereocenters. The van der Waals surface area contributed by atoms with Gasteiger partial charge >= 0.3 is 5.97 Å². The Labute approximate surface area is 111 Å². The average molecular weight is 259 g/mol. The van der Waals surface area contributed by atoms with Gasteiger partial charge in [-0.25, -0.2) is 9.78 Å². The molecule has 0 aliphatic carbocycles. The van der Waals surface area contributed by atoms with E-state index in [4.69, 9.17) is 5.11 Å². The molecule has 0 saturated heterocycles. The largest absolute Gasteiger partial charge is 0.478 e. The van der Waals surface area contributed by atoms with Crippen LogP contribution in [0.5, 0.6) is 0 Å². The van der Waals surface area contributed by atoms with Gasteiger partial charge in [0.25, 0.3) is 0 Å². The van der Waals surface area contributed by atoms with E-state index >= 15 is 0 Å². The highest BCUT2D eigenvalue weighted by Gasteiger charge is 2.05. The van der Waals surface area contributed by atoms with E-state index in [9.17, 15) is 4.79 Å². The van der Waals surface area contributed by atoms with Gasteiger partial charge in [0, 0.05) is 31.2 Å². The van der Waals surface area contributed by atoms with E-state index in [0.717, 1.165) is 30.8 Å². The molecule has 2 rings (SSSR count). The maximum Gasteiger partial charge on any atom is 0.335 e. The molecule has 1 aromatic carbocycles. The number of aromatic carboxylic acids is 1. The summed E-state index contributed by atoms with van der Waals surface area (Å²) in [5, 5.41) is 12.2. The van der Waals surface area contributed by atoms with Crippen molar-refractivity contribution in [2.75, 3.05) is 11.9 Å². The summed E-state index contributed by atoms with van der Waals surface area (Å²) in [6.45, 7) is 3.66. The SMILES string of the molecule is Cc1cc(C(=O)O)ccc1NCCCn1ccnc1. The fourth-order valence-corrected chi connectivity index (χ4v) is 1.90. The third-order valence-corrected chi connectivity index (χ3v) is 2.94. The van der Waals surface area contributed by atoms with Crippen LogP contribution in [0.4, 0.5) is 5.69 Å². The Kier molecular flexibility index (Phi) is 4.18. The number of nitrogens with zero attached hydrogens (tertiary/aromatic N) is 2. The summed E-state index contributed by atoms with van der Waals surface area (Å²) in [7, 11) is 0. The molecule has 0 unspecified atom stereocenters. The number of aromatic nitrogens is 2. The lowest BCUT2D eigenvalue weighted by Crippen LogP contribution is -2.07. The van der Waals surface area contributed by atoms with Gasteiger partial charge in [0.05, 0.1) is 11.9 Å². The van der Waals surface area contributed by atoms with Gasteiger partial charge in [-0.2, -0.15) is 0 Å². The maximum absolute atomic E-state index is 10.8. The lowest BCUT2D eigenvalue weighted by Gasteiger charge is -2.10. The number of hydrogen-bond donors (Lipinski definition) is 2. The zero-order valence-corrected chi connectivity index (χ0v) is 10.8. The number of carboxylic acids is 1. The van der Waals surface area contributed by atoms with Crippen molar-refractivity contribution >= 4 is 11.7 Å². The summed E-state index contributed by atoms with van der Waals surface area (Å²) in [5.41, 5.74) is 2.25. The van der Waals surface area contributed by atoms with E-state index < -0.39 is 5.97 Å². The van der Waals surface area contributed by atoms with Crippen LogP contribution in [0.2, 0.25) is 0 Å². The molecule has 1 aromatic heterocycles. The highest BCUT2D eigenvalue weighted by atomic mass is 16.4. The Morgan fingerprint density at radius 1 is 1.47 bits per heavy atom. The maximum atomic E-state index is 10.8. The summed E-state index contributed by atoms with van der Waals surface area (Å²) >= 11 is 0. The first kappa shape index (κ1) is 13.1. The number of aryl methyl sites for hydroxylation is 2. The lowest BCUT2D eigenvalue weighted by molar-refractivity contribution is 0.0697. The minimum Gasteiger partial charge on any atom is -0.478 e. The summed E-state index contributed by atoms with van der Waals surface area (Å²) in [5.74, 6) is -0.894. The number of hydrogen-bond acceptors (Lipinski definition) is 3. The molecule has 0 amide bonds.